The maximum absolute atomic E-state index is 6.25. The normalized spacial score (nSPS) is 13.0. The number of nitrogens with zero attached hydrogens (tertiary/aromatic N) is 1. The molecular formula is C40H57NO3. The van der Waals surface area contributed by atoms with Gasteiger partial charge in [-0.1, -0.05) is 102 Å². The topological polar surface area (TPSA) is 40.6 Å². The molecule has 4 nitrogen and oxygen atoms in total. The summed E-state index contributed by atoms with van der Waals surface area (Å²) < 4.78 is 17.2. The van der Waals surface area contributed by atoms with Crippen molar-refractivity contribution in [1.29, 1.82) is 0 Å². The van der Waals surface area contributed by atoms with Gasteiger partial charge in [-0.15, -0.1) is 0 Å². The first-order valence-corrected chi connectivity index (χ1v) is 16.5. The Bertz CT molecular complexity index is 1290. The fraction of sp³-hybridized carbons (Fsp3) is 0.425. The van der Waals surface area contributed by atoms with Gasteiger partial charge in [0.15, 0.2) is 0 Å². The number of rotatable bonds is 13. The number of hydrogen-bond donors (Lipinski definition) is 0. The van der Waals surface area contributed by atoms with Gasteiger partial charge in [-0.05, 0) is 93.0 Å². The van der Waals surface area contributed by atoms with E-state index in [1.165, 1.54) is 31.2 Å². The first kappa shape index (κ1) is 38.4. The van der Waals surface area contributed by atoms with Crippen molar-refractivity contribution in [1.82, 2.24) is 4.98 Å². The molecule has 1 heterocycles. The number of ether oxygens (including phenoxy) is 3. The summed E-state index contributed by atoms with van der Waals surface area (Å²) in [5, 5.41) is 0.919. The summed E-state index contributed by atoms with van der Waals surface area (Å²) in [7, 11) is 1.67. The molecular weight excluding hydrogens is 542 g/mol. The van der Waals surface area contributed by atoms with Crippen LogP contribution in [0.1, 0.15) is 84.8 Å². The molecule has 0 unspecified atom stereocenters. The molecule has 2 aromatic carbocycles. The van der Waals surface area contributed by atoms with Crippen LogP contribution in [0, 0.1) is 12.8 Å². The Morgan fingerprint density at radius 1 is 1.02 bits per heavy atom. The van der Waals surface area contributed by atoms with Crippen LogP contribution in [0.3, 0.4) is 0 Å². The van der Waals surface area contributed by atoms with E-state index in [0.29, 0.717) is 0 Å². The third-order valence-corrected chi connectivity index (χ3v) is 7.05. The van der Waals surface area contributed by atoms with Gasteiger partial charge >= 0.3 is 0 Å². The zero-order valence-electron chi connectivity index (χ0n) is 28.7. The van der Waals surface area contributed by atoms with Crippen LogP contribution in [0.25, 0.3) is 10.9 Å². The highest BCUT2D eigenvalue weighted by Crippen LogP contribution is 2.32. The summed E-state index contributed by atoms with van der Waals surface area (Å²) in [5.74, 6) is 3.34. The second-order valence-electron chi connectivity index (χ2n) is 10.0. The SMILES string of the molecule is C=C\C=C/C(=C/C(=C\C)Oc1ccnc2cc(C)c(OC)cc12)CCCOCC.CC.CC.c1ccc(CC2CCC2)cc1. The van der Waals surface area contributed by atoms with Crippen molar-refractivity contribution in [3.63, 3.8) is 0 Å². The average Bonchev–Trinajstić information content (AvgIpc) is 3.05. The van der Waals surface area contributed by atoms with E-state index >= 15 is 0 Å². The van der Waals surface area contributed by atoms with Crippen molar-refractivity contribution in [2.45, 2.75) is 87.0 Å². The van der Waals surface area contributed by atoms with E-state index in [1.54, 1.807) is 19.4 Å². The molecule has 1 saturated carbocycles. The van der Waals surface area contributed by atoms with E-state index in [4.69, 9.17) is 14.2 Å². The first-order chi connectivity index (χ1) is 21.6. The van der Waals surface area contributed by atoms with Crippen molar-refractivity contribution in [2.75, 3.05) is 20.3 Å². The predicted molar refractivity (Wildman–Crippen MR) is 191 cm³/mol. The van der Waals surface area contributed by atoms with Gasteiger partial charge in [0.1, 0.15) is 17.3 Å². The fourth-order valence-corrected chi connectivity index (χ4v) is 4.60. The number of benzene rings is 2. The molecule has 0 bridgehead atoms. The van der Waals surface area contributed by atoms with Gasteiger partial charge in [0.2, 0.25) is 0 Å². The van der Waals surface area contributed by atoms with Gasteiger partial charge in [0.05, 0.1) is 12.6 Å². The number of pyridine rings is 1. The van der Waals surface area contributed by atoms with Gasteiger partial charge in [-0.3, -0.25) is 4.98 Å². The third-order valence-electron chi connectivity index (χ3n) is 7.05. The van der Waals surface area contributed by atoms with E-state index in [1.807, 2.05) is 78.8 Å². The van der Waals surface area contributed by atoms with Crippen molar-refractivity contribution < 1.29 is 14.2 Å². The largest absolute Gasteiger partial charge is 0.496 e. The number of aromatic nitrogens is 1. The molecule has 0 N–H and O–H groups in total. The molecule has 44 heavy (non-hydrogen) atoms. The molecule has 0 atom stereocenters. The maximum Gasteiger partial charge on any atom is 0.138 e. The lowest BCUT2D eigenvalue weighted by molar-refractivity contribution is 0.145. The number of hydrogen-bond acceptors (Lipinski definition) is 4. The van der Waals surface area contributed by atoms with Gasteiger partial charge in [0, 0.05) is 24.8 Å². The average molecular weight is 600 g/mol. The molecule has 0 saturated heterocycles. The van der Waals surface area contributed by atoms with E-state index in [0.717, 1.165) is 71.3 Å². The van der Waals surface area contributed by atoms with Gasteiger partial charge in [0.25, 0.3) is 0 Å². The number of methoxy groups -OCH3 is 1. The Morgan fingerprint density at radius 3 is 2.34 bits per heavy atom. The Kier molecular flexibility index (Phi) is 20.8. The summed E-state index contributed by atoms with van der Waals surface area (Å²) in [6, 6.07) is 16.7. The Balaban J connectivity index is 0.000000530. The summed E-state index contributed by atoms with van der Waals surface area (Å²) in [5.41, 5.74) is 4.59. The standard InChI is InChI=1S/C25H31NO3.C11H14.2C2H6/c1-6-9-11-20(12-10-15-28-8-3)17-21(7-2)29-24-13-14-26-23-16-19(4)25(27-5)18-22(23)24;1-2-5-10(6-3-1)9-11-7-4-8-11;2*1-2/h6-7,9,11,13-14,16-18H,1,8,10,12,15H2,2-5H3;1-3,5-6,11H,4,7-9H2;2*1-2H3/b11-9-,20-17-,21-7+;;;. The quantitative estimate of drug-likeness (QED) is 0.111. The van der Waals surface area contributed by atoms with Gasteiger partial charge in [-0.25, -0.2) is 0 Å². The molecule has 0 amide bonds. The lowest BCUT2D eigenvalue weighted by atomic mass is 9.81. The van der Waals surface area contributed by atoms with Crippen LogP contribution in [-0.4, -0.2) is 25.3 Å². The summed E-state index contributed by atoms with van der Waals surface area (Å²) in [6.07, 6.45) is 19.1. The van der Waals surface area contributed by atoms with E-state index in [2.05, 4.69) is 54.0 Å². The van der Waals surface area contributed by atoms with Crippen LogP contribution in [0.2, 0.25) is 0 Å². The monoisotopic (exact) mass is 599 g/mol. The fourth-order valence-electron chi connectivity index (χ4n) is 4.60. The molecule has 1 aliphatic carbocycles. The van der Waals surface area contributed by atoms with Crippen LogP contribution in [-0.2, 0) is 11.2 Å². The third kappa shape index (κ3) is 13.8. The minimum absolute atomic E-state index is 0.739. The highest BCUT2D eigenvalue weighted by atomic mass is 16.5. The van der Waals surface area contributed by atoms with Crippen molar-refractivity contribution in [2.24, 2.45) is 5.92 Å². The zero-order chi connectivity index (χ0) is 32.6. The zero-order valence-corrected chi connectivity index (χ0v) is 28.7. The summed E-state index contributed by atoms with van der Waals surface area (Å²) in [6.45, 7) is 19.2. The number of aryl methyl sites for hydroxylation is 1. The highest BCUT2D eigenvalue weighted by Gasteiger charge is 2.17. The molecule has 3 aromatic rings. The maximum atomic E-state index is 6.25. The van der Waals surface area contributed by atoms with Crippen LogP contribution in [0.15, 0.2) is 103 Å². The molecule has 4 heteroatoms. The summed E-state index contributed by atoms with van der Waals surface area (Å²) >= 11 is 0. The van der Waals surface area contributed by atoms with Crippen molar-refractivity contribution in [3.8, 4) is 11.5 Å². The molecule has 1 aromatic heterocycles. The van der Waals surface area contributed by atoms with E-state index in [-0.39, 0.29) is 0 Å². The van der Waals surface area contributed by atoms with E-state index < -0.39 is 0 Å². The second-order valence-corrected chi connectivity index (χ2v) is 10.0. The minimum atomic E-state index is 0.739. The minimum Gasteiger partial charge on any atom is -0.496 e. The van der Waals surface area contributed by atoms with Crippen LogP contribution >= 0.6 is 0 Å². The van der Waals surface area contributed by atoms with E-state index in [9.17, 15) is 0 Å². The smallest absolute Gasteiger partial charge is 0.138 e. The first-order valence-electron chi connectivity index (χ1n) is 16.5. The van der Waals surface area contributed by atoms with Crippen LogP contribution < -0.4 is 9.47 Å². The Hall–Kier alpha value is -3.63. The molecule has 1 fully saturated rings. The molecule has 0 radical (unpaired) electrons. The molecule has 1 aliphatic rings. The lowest BCUT2D eigenvalue weighted by Gasteiger charge is -2.25. The number of fused-ring (bicyclic) bond motifs is 1. The summed E-state index contributed by atoms with van der Waals surface area (Å²) in [4.78, 5) is 4.46. The molecule has 0 spiro atoms. The predicted octanol–water partition coefficient (Wildman–Crippen LogP) is 11.4. The molecule has 4 rings (SSSR count). The number of allylic oxidation sites excluding steroid dienone is 6. The van der Waals surface area contributed by atoms with Crippen LogP contribution in [0.5, 0.6) is 11.5 Å². The second kappa shape index (κ2) is 23.8. The Labute approximate surface area is 268 Å². The highest BCUT2D eigenvalue weighted by molar-refractivity contribution is 5.87. The van der Waals surface area contributed by atoms with Crippen LogP contribution in [0.4, 0.5) is 0 Å². The van der Waals surface area contributed by atoms with Crippen molar-refractivity contribution >= 4 is 10.9 Å². The van der Waals surface area contributed by atoms with Gasteiger partial charge < -0.3 is 14.2 Å². The van der Waals surface area contributed by atoms with Crippen molar-refractivity contribution in [3.05, 3.63) is 114 Å². The molecule has 0 aliphatic heterocycles. The Morgan fingerprint density at radius 2 is 1.75 bits per heavy atom. The van der Waals surface area contributed by atoms with Gasteiger partial charge in [-0.2, -0.15) is 0 Å². The lowest BCUT2D eigenvalue weighted by Crippen LogP contribution is -2.13. The molecule has 240 valence electrons.